The summed E-state index contributed by atoms with van der Waals surface area (Å²) in [6.45, 7) is 0.368. The van der Waals surface area contributed by atoms with E-state index in [2.05, 4.69) is 30.9 Å². The van der Waals surface area contributed by atoms with E-state index in [4.69, 9.17) is 16.3 Å². The van der Waals surface area contributed by atoms with E-state index >= 15 is 0 Å². The summed E-state index contributed by atoms with van der Waals surface area (Å²) in [6.07, 6.45) is 0. The van der Waals surface area contributed by atoms with Gasteiger partial charge in [0.05, 0.1) is 0 Å². The van der Waals surface area contributed by atoms with Gasteiger partial charge in [0.2, 0.25) is 11.2 Å². The Kier molecular flexibility index (Phi) is 4.55. The molecule has 2 rings (SSSR count). The van der Waals surface area contributed by atoms with Gasteiger partial charge in [0.15, 0.2) is 0 Å². The molecular weight excluding hydrogens is 332 g/mol. The highest BCUT2D eigenvalue weighted by Crippen LogP contribution is 2.16. The van der Waals surface area contributed by atoms with E-state index in [1.165, 1.54) is 0 Å². The number of hydrogen-bond donors (Lipinski definition) is 0. The molecule has 0 radical (unpaired) electrons. The van der Waals surface area contributed by atoms with Crippen molar-refractivity contribution < 1.29 is 4.74 Å². The number of hydrogen-bond acceptors (Lipinski definition) is 5. The first-order chi connectivity index (χ1) is 9.04. The van der Waals surface area contributed by atoms with Gasteiger partial charge in [0.25, 0.3) is 0 Å². The summed E-state index contributed by atoms with van der Waals surface area (Å²) in [5.74, 6) is 0.462. The molecule has 0 spiro atoms. The fourth-order valence-corrected chi connectivity index (χ4v) is 1.96. The molecule has 1 aromatic carbocycles. The van der Waals surface area contributed by atoms with Crippen molar-refractivity contribution in [2.45, 2.75) is 6.61 Å². The minimum absolute atomic E-state index is 0.114. The predicted molar refractivity (Wildman–Crippen MR) is 77.6 cm³/mol. The third kappa shape index (κ3) is 4.04. The first-order valence-electron chi connectivity index (χ1n) is 5.51. The van der Waals surface area contributed by atoms with Crippen LogP contribution in [-0.4, -0.2) is 29.0 Å². The van der Waals surface area contributed by atoms with Gasteiger partial charge in [-0.25, -0.2) is 0 Å². The number of nitrogens with zero attached hydrogens (tertiary/aromatic N) is 4. The van der Waals surface area contributed by atoms with Crippen molar-refractivity contribution in [3.05, 3.63) is 39.6 Å². The highest BCUT2D eigenvalue weighted by atomic mass is 79.9. The Morgan fingerprint density at radius 3 is 2.74 bits per heavy atom. The lowest BCUT2D eigenvalue weighted by Crippen LogP contribution is -2.14. The summed E-state index contributed by atoms with van der Waals surface area (Å²) >= 11 is 9.23. The molecule has 0 N–H and O–H groups in total. The average molecular weight is 344 g/mol. The maximum atomic E-state index is 5.82. The second-order valence-electron chi connectivity index (χ2n) is 4.00. The first kappa shape index (κ1) is 14.0. The zero-order valence-electron chi connectivity index (χ0n) is 10.5. The lowest BCUT2D eigenvalue weighted by Gasteiger charge is -2.11. The summed E-state index contributed by atoms with van der Waals surface area (Å²) in [4.78, 5) is 13.8. The maximum Gasteiger partial charge on any atom is 0.322 e. The average Bonchev–Trinajstić information content (AvgIpc) is 2.36. The Morgan fingerprint density at radius 1 is 1.26 bits per heavy atom. The van der Waals surface area contributed by atoms with Crippen LogP contribution in [0.25, 0.3) is 0 Å². The van der Waals surface area contributed by atoms with E-state index in [-0.39, 0.29) is 11.3 Å². The zero-order valence-corrected chi connectivity index (χ0v) is 12.8. The van der Waals surface area contributed by atoms with Crippen LogP contribution in [0.1, 0.15) is 5.56 Å². The highest BCUT2D eigenvalue weighted by molar-refractivity contribution is 9.10. The van der Waals surface area contributed by atoms with Crippen LogP contribution in [0.3, 0.4) is 0 Å². The molecule has 7 heteroatoms. The summed E-state index contributed by atoms with van der Waals surface area (Å²) in [7, 11) is 3.65. The van der Waals surface area contributed by atoms with Crippen LogP contribution in [0.5, 0.6) is 6.01 Å². The Bertz CT molecular complexity index is 579. The quantitative estimate of drug-likeness (QED) is 0.854. The topological polar surface area (TPSA) is 51.1 Å². The Morgan fingerprint density at radius 2 is 2.05 bits per heavy atom. The van der Waals surface area contributed by atoms with Crippen LogP contribution >= 0.6 is 27.5 Å². The van der Waals surface area contributed by atoms with Gasteiger partial charge < -0.3 is 9.64 Å². The number of halogens is 2. The van der Waals surface area contributed by atoms with Gasteiger partial charge in [-0.15, -0.1) is 0 Å². The fraction of sp³-hybridized carbons (Fsp3) is 0.250. The Hall–Kier alpha value is -1.40. The summed E-state index contributed by atoms with van der Waals surface area (Å²) in [5.41, 5.74) is 1.01. The normalized spacial score (nSPS) is 10.3. The van der Waals surface area contributed by atoms with Gasteiger partial charge in [0, 0.05) is 18.6 Å². The van der Waals surface area contributed by atoms with Crippen molar-refractivity contribution in [3.8, 4) is 6.01 Å². The molecule has 0 atom stereocenters. The summed E-state index contributed by atoms with van der Waals surface area (Å²) in [5, 5.41) is 0.114. The molecule has 0 saturated heterocycles. The smallest absolute Gasteiger partial charge is 0.322 e. The molecule has 1 heterocycles. The molecule has 0 fully saturated rings. The minimum Gasteiger partial charge on any atom is -0.458 e. The highest BCUT2D eigenvalue weighted by Gasteiger charge is 2.07. The molecule has 19 heavy (non-hydrogen) atoms. The van der Waals surface area contributed by atoms with Gasteiger partial charge in [-0.05, 0) is 29.3 Å². The first-order valence-corrected chi connectivity index (χ1v) is 6.68. The predicted octanol–water partition coefficient (Wildman–Crippen LogP) is 2.93. The van der Waals surface area contributed by atoms with Crippen molar-refractivity contribution in [2.75, 3.05) is 19.0 Å². The molecule has 0 bridgehead atoms. The number of aromatic nitrogens is 3. The Balaban J connectivity index is 2.11. The van der Waals surface area contributed by atoms with Crippen LogP contribution in [0.4, 0.5) is 5.95 Å². The van der Waals surface area contributed by atoms with Crippen LogP contribution < -0.4 is 9.64 Å². The van der Waals surface area contributed by atoms with Crippen molar-refractivity contribution >= 4 is 33.5 Å². The molecule has 0 aliphatic heterocycles. The zero-order chi connectivity index (χ0) is 13.8. The van der Waals surface area contributed by atoms with Crippen LogP contribution in [0, 0.1) is 0 Å². The molecule has 0 aliphatic carbocycles. The van der Waals surface area contributed by atoms with Crippen molar-refractivity contribution in [2.24, 2.45) is 0 Å². The standard InChI is InChI=1S/C12H12BrClN4O/c1-18(2)11-15-10(14)16-12(17-11)19-7-8-4-3-5-9(13)6-8/h3-6H,7H2,1-2H3. The molecule has 0 aliphatic rings. The largest absolute Gasteiger partial charge is 0.458 e. The molecule has 5 nitrogen and oxygen atoms in total. The second kappa shape index (κ2) is 6.16. The van der Waals surface area contributed by atoms with Crippen LogP contribution in [0.2, 0.25) is 5.28 Å². The fourth-order valence-electron chi connectivity index (χ4n) is 1.36. The summed E-state index contributed by atoms with van der Waals surface area (Å²) < 4.78 is 6.52. The molecular formula is C12H12BrClN4O. The van der Waals surface area contributed by atoms with Crippen LogP contribution in [-0.2, 0) is 6.61 Å². The lowest BCUT2D eigenvalue weighted by molar-refractivity contribution is 0.280. The second-order valence-corrected chi connectivity index (χ2v) is 5.25. The van der Waals surface area contributed by atoms with Crippen molar-refractivity contribution in [3.63, 3.8) is 0 Å². The van der Waals surface area contributed by atoms with Gasteiger partial charge in [0.1, 0.15) is 6.61 Å². The number of ether oxygens (including phenoxy) is 1. The van der Waals surface area contributed by atoms with Crippen molar-refractivity contribution in [1.82, 2.24) is 15.0 Å². The van der Waals surface area contributed by atoms with Crippen LogP contribution in [0.15, 0.2) is 28.7 Å². The monoisotopic (exact) mass is 342 g/mol. The molecule has 1 aromatic heterocycles. The van der Waals surface area contributed by atoms with E-state index in [0.717, 1.165) is 10.0 Å². The van der Waals surface area contributed by atoms with E-state index in [1.54, 1.807) is 4.90 Å². The van der Waals surface area contributed by atoms with E-state index in [1.807, 2.05) is 38.4 Å². The summed E-state index contributed by atoms with van der Waals surface area (Å²) in [6, 6.07) is 8.03. The molecule has 2 aromatic rings. The van der Waals surface area contributed by atoms with Gasteiger partial charge in [-0.1, -0.05) is 28.1 Å². The van der Waals surface area contributed by atoms with E-state index < -0.39 is 0 Å². The lowest BCUT2D eigenvalue weighted by atomic mass is 10.2. The number of rotatable bonds is 4. The maximum absolute atomic E-state index is 5.82. The van der Waals surface area contributed by atoms with Gasteiger partial charge in [-0.3, -0.25) is 0 Å². The minimum atomic E-state index is 0.114. The van der Waals surface area contributed by atoms with Gasteiger partial charge in [-0.2, -0.15) is 15.0 Å². The van der Waals surface area contributed by atoms with E-state index in [0.29, 0.717) is 12.6 Å². The molecule has 100 valence electrons. The van der Waals surface area contributed by atoms with Crippen molar-refractivity contribution in [1.29, 1.82) is 0 Å². The Labute approximate surface area is 124 Å². The number of benzene rings is 1. The molecule has 0 amide bonds. The molecule has 0 unspecified atom stereocenters. The number of anilines is 1. The van der Waals surface area contributed by atoms with Gasteiger partial charge >= 0.3 is 6.01 Å². The third-order valence-electron chi connectivity index (χ3n) is 2.23. The molecule has 0 saturated carbocycles. The SMILES string of the molecule is CN(C)c1nc(Cl)nc(OCc2cccc(Br)c2)n1. The third-order valence-corrected chi connectivity index (χ3v) is 2.90. The van der Waals surface area contributed by atoms with E-state index in [9.17, 15) is 0 Å².